The molecule has 2 aliphatic rings. The van der Waals surface area contributed by atoms with Crippen LogP contribution >= 0.6 is 11.6 Å². The summed E-state index contributed by atoms with van der Waals surface area (Å²) in [5, 5.41) is 10.9. The first-order chi connectivity index (χ1) is 7.58. The molecule has 4 unspecified atom stereocenters. The minimum absolute atomic E-state index is 0.148. The van der Waals surface area contributed by atoms with Crippen LogP contribution in [0.25, 0.3) is 0 Å². The number of nitrogens with zero attached hydrogens (tertiary/aromatic N) is 1. The number of amidine groups is 1. The Morgan fingerprint density at radius 1 is 1.56 bits per heavy atom. The summed E-state index contributed by atoms with van der Waals surface area (Å²) < 4.78 is 0. The van der Waals surface area contributed by atoms with Crippen LogP contribution in [0.1, 0.15) is 45.4 Å². The molecule has 1 aliphatic heterocycles. The molecule has 92 valence electrons. The molecule has 4 atom stereocenters. The Bertz CT molecular complexity index is 295. The highest BCUT2D eigenvalue weighted by Crippen LogP contribution is 2.43. The van der Waals surface area contributed by atoms with Crippen molar-refractivity contribution in [2.75, 3.05) is 0 Å². The topological polar surface area (TPSA) is 58.6 Å². The molecule has 1 heterocycles. The van der Waals surface area contributed by atoms with Gasteiger partial charge in [-0.2, -0.15) is 0 Å². The Hall–Kier alpha value is -0.280. The van der Waals surface area contributed by atoms with Gasteiger partial charge >= 0.3 is 0 Å². The van der Waals surface area contributed by atoms with Gasteiger partial charge in [-0.25, -0.2) is 0 Å². The average molecular weight is 245 g/mol. The number of nitrogens with two attached hydrogens (primary N) is 1. The summed E-state index contributed by atoms with van der Waals surface area (Å²) in [7, 11) is 0. The number of halogens is 1. The zero-order valence-corrected chi connectivity index (χ0v) is 10.6. The predicted octanol–water partition coefficient (Wildman–Crippen LogP) is 2.05. The van der Waals surface area contributed by atoms with E-state index >= 15 is 0 Å². The van der Waals surface area contributed by atoms with Crippen LogP contribution in [-0.2, 0) is 0 Å². The molecule has 4 heteroatoms. The average Bonchev–Trinajstić information content (AvgIpc) is 2.50. The fourth-order valence-corrected chi connectivity index (χ4v) is 3.33. The molecule has 16 heavy (non-hydrogen) atoms. The normalized spacial score (nSPS) is 42.9. The molecule has 0 aromatic heterocycles. The highest BCUT2D eigenvalue weighted by molar-refractivity contribution is 6.20. The van der Waals surface area contributed by atoms with E-state index in [1.807, 2.05) is 0 Å². The van der Waals surface area contributed by atoms with Gasteiger partial charge < -0.3 is 10.8 Å². The molecule has 1 fully saturated rings. The number of rotatable bonds is 3. The summed E-state index contributed by atoms with van der Waals surface area (Å²) in [4.78, 5) is 4.44. The highest BCUT2D eigenvalue weighted by Gasteiger charge is 2.51. The van der Waals surface area contributed by atoms with Crippen molar-refractivity contribution in [1.29, 1.82) is 0 Å². The largest absolute Gasteiger partial charge is 0.385 e. The number of aliphatic imine (C=N–C) groups is 1. The second-order valence-corrected chi connectivity index (χ2v) is 5.74. The number of alkyl halides is 1. The van der Waals surface area contributed by atoms with Crippen molar-refractivity contribution >= 4 is 17.4 Å². The number of aliphatic hydroxyl groups is 1. The first kappa shape index (κ1) is 12.2. The van der Waals surface area contributed by atoms with Gasteiger partial charge in [-0.15, -0.1) is 11.6 Å². The quantitative estimate of drug-likeness (QED) is 0.747. The summed E-state index contributed by atoms with van der Waals surface area (Å²) in [5.41, 5.74) is 5.04. The van der Waals surface area contributed by atoms with Crippen LogP contribution in [-0.4, -0.2) is 28.0 Å². The number of fused-ring (bicyclic) bond motifs is 1. The summed E-state index contributed by atoms with van der Waals surface area (Å²) in [6, 6.07) is 0.205. The van der Waals surface area contributed by atoms with Crippen molar-refractivity contribution < 1.29 is 5.11 Å². The lowest BCUT2D eigenvalue weighted by Gasteiger charge is -2.36. The fourth-order valence-electron chi connectivity index (χ4n) is 3.01. The summed E-state index contributed by atoms with van der Waals surface area (Å²) >= 11 is 6.19. The maximum absolute atomic E-state index is 10.7. The molecule has 0 aromatic rings. The first-order valence-electron chi connectivity index (χ1n) is 6.28. The lowest BCUT2D eigenvalue weighted by Crippen LogP contribution is -2.49. The molecule has 0 radical (unpaired) electrons. The van der Waals surface area contributed by atoms with Crippen molar-refractivity contribution in [2.24, 2.45) is 16.6 Å². The molecule has 0 spiro atoms. The number of hydrogen-bond acceptors (Lipinski definition) is 3. The summed E-state index contributed by atoms with van der Waals surface area (Å²) in [6.07, 6.45) is 5.58. The number of unbranched alkanes of at least 4 members (excludes halogenated alkanes) is 1. The van der Waals surface area contributed by atoms with Crippen LogP contribution in [0.3, 0.4) is 0 Å². The molecule has 0 amide bonds. The maximum Gasteiger partial charge on any atom is 0.127 e. The van der Waals surface area contributed by atoms with Gasteiger partial charge in [0.25, 0.3) is 0 Å². The lowest BCUT2D eigenvalue weighted by atomic mass is 9.73. The Morgan fingerprint density at radius 3 is 3.00 bits per heavy atom. The van der Waals surface area contributed by atoms with E-state index in [-0.39, 0.29) is 17.3 Å². The van der Waals surface area contributed by atoms with E-state index in [9.17, 15) is 5.11 Å². The Balaban J connectivity index is 2.14. The Kier molecular flexibility index (Phi) is 3.45. The van der Waals surface area contributed by atoms with Crippen molar-refractivity contribution in [3.63, 3.8) is 0 Å². The van der Waals surface area contributed by atoms with E-state index in [0.29, 0.717) is 5.84 Å². The first-order valence-corrected chi connectivity index (χ1v) is 6.71. The van der Waals surface area contributed by atoms with Crippen molar-refractivity contribution in [1.82, 2.24) is 0 Å². The molecular formula is C12H21ClN2O. The third kappa shape index (κ3) is 1.95. The van der Waals surface area contributed by atoms with Gasteiger partial charge in [0, 0.05) is 11.3 Å². The van der Waals surface area contributed by atoms with Gasteiger partial charge in [0.05, 0.1) is 6.04 Å². The zero-order chi connectivity index (χ0) is 11.8. The second-order valence-electron chi connectivity index (χ2n) is 5.13. The SMILES string of the molecule is CCCCC1(O)C(N)=NC2CCC(Cl)CC21. The Morgan fingerprint density at radius 2 is 2.31 bits per heavy atom. The molecule has 2 rings (SSSR count). The highest BCUT2D eigenvalue weighted by atomic mass is 35.5. The van der Waals surface area contributed by atoms with Gasteiger partial charge in [-0.1, -0.05) is 19.8 Å². The van der Waals surface area contributed by atoms with Crippen LogP contribution in [0, 0.1) is 5.92 Å². The molecule has 1 saturated carbocycles. The van der Waals surface area contributed by atoms with Gasteiger partial charge in [0.1, 0.15) is 11.4 Å². The third-order valence-corrected chi connectivity index (χ3v) is 4.42. The van der Waals surface area contributed by atoms with E-state index < -0.39 is 5.60 Å². The van der Waals surface area contributed by atoms with Crippen LogP contribution < -0.4 is 5.73 Å². The van der Waals surface area contributed by atoms with Crippen molar-refractivity contribution in [2.45, 2.75) is 62.5 Å². The van der Waals surface area contributed by atoms with Crippen LogP contribution in [0.15, 0.2) is 4.99 Å². The lowest BCUT2D eigenvalue weighted by molar-refractivity contribution is 0.0255. The number of hydrogen-bond donors (Lipinski definition) is 2. The van der Waals surface area contributed by atoms with E-state index in [4.69, 9.17) is 17.3 Å². The summed E-state index contributed by atoms with van der Waals surface area (Å²) in [5.74, 6) is 0.594. The van der Waals surface area contributed by atoms with Gasteiger partial charge in [0.15, 0.2) is 0 Å². The van der Waals surface area contributed by atoms with Crippen LogP contribution in [0.2, 0.25) is 0 Å². The molecule has 3 nitrogen and oxygen atoms in total. The van der Waals surface area contributed by atoms with E-state index in [1.54, 1.807) is 0 Å². The molecule has 0 aromatic carbocycles. The van der Waals surface area contributed by atoms with Gasteiger partial charge in [-0.05, 0) is 25.7 Å². The second kappa shape index (κ2) is 4.53. The van der Waals surface area contributed by atoms with Crippen molar-refractivity contribution in [3.05, 3.63) is 0 Å². The van der Waals surface area contributed by atoms with Crippen molar-refractivity contribution in [3.8, 4) is 0 Å². The maximum atomic E-state index is 10.7. The van der Waals surface area contributed by atoms with E-state index in [2.05, 4.69) is 11.9 Å². The molecule has 0 bridgehead atoms. The van der Waals surface area contributed by atoms with Crippen LogP contribution in [0.4, 0.5) is 0 Å². The molecule has 0 saturated heterocycles. The smallest absolute Gasteiger partial charge is 0.127 e. The minimum atomic E-state index is -0.881. The van der Waals surface area contributed by atoms with Crippen LogP contribution in [0.5, 0.6) is 0 Å². The third-order valence-electron chi connectivity index (χ3n) is 4.02. The molecule has 3 N–H and O–H groups in total. The zero-order valence-electron chi connectivity index (χ0n) is 9.82. The van der Waals surface area contributed by atoms with E-state index in [1.165, 1.54) is 0 Å². The van der Waals surface area contributed by atoms with Gasteiger partial charge in [-0.3, -0.25) is 4.99 Å². The molecule has 1 aliphatic carbocycles. The standard InChI is InChI=1S/C12H21ClN2O/c1-2-3-6-12(16)9-7-8(13)4-5-10(9)15-11(12)14/h8-10,16H,2-7H2,1H3,(H2,14,15). The Labute approximate surface area is 102 Å². The minimum Gasteiger partial charge on any atom is -0.385 e. The molecular weight excluding hydrogens is 224 g/mol. The van der Waals surface area contributed by atoms with E-state index in [0.717, 1.165) is 38.5 Å². The summed E-state index contributed by atoms with van der Waals surface area (Å²) in [6.45, 7) is 2.12. The fraction of sp³-hybridized carbons (Fsp3) is 0.917. The monoisotopic (exact) mass is 244 g/mol. The predicted molar refractivity (Wildman–Crippen MR) is 66.9 cm³/mol. The van der Waals surface area contributed by atoms with Gasteiger partial charge in [0.2, 0.25) is 0 Å².